The van der Waals surface area contributed by atoms with Gasteiger partial charge in [-0.2, -0.15) is 0 Å². The predicted octanol–water partition coefficient (Wildman–Crippen LogP) is 2.47. The summed E-state index contributed by atoms with van der Waals surface area (Å²) in [5.74, 6) is 0.404. The van der Waals surface area contributed by atoms with Gasteiger partial charge in [-0.3, -0.25) is 4.79 Å². The lowest BCUT2D eigenvalue weighted by Gasteiger charge is -2.12. The number of tetrazole rings is 1. The van der Waals surface area contributed by atoms with Crippen LogP contribution in [0, 0.1) is 0 Å². The number of nitrogens with one attached hydrogen (secondary N) is 1. The van der Waals surface area contributed by atoms with Gasteiger partial charge in [0.1, 0.15) is 5.75 Å². The smallest absolute Gasteiger partial charge is 0.237 e. The number of thioether (sulfide) groups is 1. The molecule has 2 aromatic rings. The molecule has 0 aliphatic rings. The van der Waals surface area contributed by atoms with Crippen LogP contribution in [0.3, 0.4) is 0 Å². The van der Waals surface area contributed by atoms with E-state index in [1.54, 1.807) is 29.8 Å². The number of aromatic nitrogens is 4. The topological polar surface area (TPSA) is 81.9 Å². The lowest BCUT2D eigenvalue weighted by atomic mass is 10.3. The molecule has 0 radical (unpaired) electrons. The summed E-state index contributed by atoms with van der Waals surface area (Å²) >= 11 is 7.33. The molecule has 1 N–H and O–H groups in total. The number of aryl methyl sites for hydroxylation is 1. The minimum absolute atomic E-state index is 0.156. The number of methoxy groups -OCH3 is 1. The summed E-state index contributed by atoms with van der Waals surface area (Å²) in [6.45, 7) is 4.38. The number of ether oxygens (including phenoxy) is 1. The minimum atomic E-state index is -0.350. The lowest BCUT2D eigenvalue weighted by molar-refractivity contribution is -0.115. The number of amides is 1. The van der Waals surface area contributed by atoms with Gasteiger partial charge in [-0.25, -0.2) is 4.68 Å². The number of hydrogen-bond donors (Lipinski definition) is 1. The van der Waals surface area contributed by atoms with E-state index in [1.165, 1.54) is 18.9 Å². The SMILES string of the molecule is CCn1nnnc1SC(C)C(=O)Nc1ccc(OC)c(Cl)c1. The molecule has 1 aromatic heterocycles. The highest BCUT2D eigenvalue weighted by Gasteiger charge is 2.18. The van der Waals surface area contributed by atoms with Gasteiger partial charge >= 0.3 is 0 Å². The summed E-state index contributed by atoms with van der Waals surface area (Å²) in [6, 6.07) is 5.08. The number of nitrogens with zero attached hydrogens (tertiary/aromatic N) is 4. The highest BCUT2D eigenvalue weighted by molar-refractivity contribution is 8.00. The average Bonchev–Trinajstić information content (AvgIpc) is 2.94. The molecule has 22 heavy (non-hydrogen) atoms. The molecule has 2 rings (SSSR count). The molecule has 1 amide bonds. The van der Waals surface area contributed by atoms with E-state index in [-0.39, 0.29) is 11.2 Å². The van der Waals surface area contributed by atoms with Crippen molar-refractivity contribution in [2.75, 3.05) is 12.4 Å². The molecule has 0 saturated carbocycles. The third-order valence-corrected chi connectivity index (χ3v) is 4.24. The molecule has 0 aliphatic carbocycles. The molecule has 0 spiro atoms. The van der Waals surface area contributed by atoms with Crippen LogP contribution in [0.4, 0.5) is 5.69 Å². The van der Waals surface area contributed by atoms with Crippen LogP contribution in [-0.4, -0.2) is 38.5 Å². The van der Waals surface area contributed by atoms with Gasteiger partial charge in [-0.1, -0.05) is 23.4 Å². The molecular formula is C13H16ClN5O2S. The van der Waals surface area contributed by atoms with E-state index >= 15 is 0 Å². The minimum Gasteiger partial charge on any atom is -0.495 e. The Balaban J connectivity index is 2.01. The van der Waals surface area contributed by atoms with Crippen molar-refractivity contribution >= 4 is 35.0 Å². The number of anilines is 1. The molecular weight excluding hydrogens is 326 g/mol. The molecule has 0 fully saturated rings. The van der Waals surface area contributed by atoms with Crippen molar-refractivity contribution in [3.05, 3.63) is 23.2 Å². The molecule has 7 nitrogen and oxygen atoms in total. The second-order valence-corrected chi connectivity index (χ2v) is 6.09. The van der Waals surface area contributed by atoms with Crippen LogP contribution in [0.1, 0.15) is 13.8 Å². The van der Waals surface area contributed by atoms with Crippen LogP contribution in [0.15, 0.2) is 23.4 Å². The molecule has 1 unspecified atom stereocenters. The van der Waals surface area contributed by atoms with Gasteiger partial charge < -0.3 is 10.1 Å². The van der Waals surface area contributed by atoms with Crippen molar-refractivity contribution in [2.24, 2.45) is 0 Å². The van der Waals surface area contributed by atoms with E-state index in [0.29, 0.717) is 28.2 Å². The number of carbonyl (C=O) groups is 1. The van der Waals surface area contributed by atoms with Crippen molar-refractivity contribution in [1.82, 2.24) is 20.2 Å². The highest BCUT2D eigenvalue weighted by Crippen LogP contribution is 2.28. The number of rotatable bonds is 6. The Labute approximate surface area is 137 Å². The first-order valence-electron chi connectivity index (χ1n) is 6.62. The summed E-state index contributed by atoms with van der Waals surface area (Å²) in [5.41, 5.74) is 0.610. The Morgan fingerprint density at radius 3 is 2.95 bits per heavy atom. The zero-order valence-electron chi connectivity index (χ0n) is 12.4. The van der Waals surface area contributed by atoms with Crippen molar-refractivity contribution in [3.63, 3.8) is 0 Å². The second-order valence-electron chi connectivity index (χ2n) is 4.38. The van der Waals surface area contributed by atoms with Crippen molar-refractivity contribution in [3.8, 4) is 5.75 Å². The first-order chi connectivity index (χ1) is 10.5. The Morgan fingerprint density at radius 1 is 1.55 bits per heavy atom. The van der Waals surface area contributed by atoms with Gasteiger partial charge in [-0.15, -0.1) is 5.10 Å². The van der Waals surface area contributed by atoms with Crippen molar-refractivity contribution < 1.29 is 9.53 Å². The molecule has 0 aliphatic heterocycles. The maximum atomic E-state index is 12.2. The zero-order valence-corrected chi connectivity index (χ0v) is 14.0. The summed E-state index contributed by atoms with van der Waals surface area (Å²) < 4.78 is 6.71. The maximum absolute atomic E-state index is 12.2. The van der Waals surface area contributed by atoms with Gasteiger partial charge in [0.25, 0.3) is 0 Å². The van der Waals surface area contributed by atoms with Crippen LogP contribution >= 0.6 is 23.4 Å². The van der Waals surface area contributed by atoms with Gasteiger partial charge in [0, 0.05) is 12.2 Å². The van der Waals surface area contributed by atoms with Crippen LogP contribution in [0.25, 0.3) is 0 Å². The molecule has 1 aromatic carbocycles. The van der Waals surface area contributed by atoms with E-state index in [4.69, 9.17) is 16.3 Å². The fraction of sp³-hybridized carbons (Fsp3) is 0.385. The Hall–Kier alpha value is -1.80. The monoisotopic (exact) mass is 341 g/mol. The van der Waals surface area contributed by atoms with E-state index < -0.39 is 0 Å². The number of carbonyl (C=O) groups excluding carboxylic acids is 1. The van der Waals surface area contributed by atoms with Gasteiger partial charge in [0.2, 0.25) is 11.1 Å². The number of benzene rings is 1. The molecule has 1 atom stereocenters. The van der Waals surface area contributed by atoms with Crippen LogP contribution in [-0.2, 0) is 11.3 Å². The fourth-order valence-corrected chi connectivity index (χ4v) is 2.79. The van der Waals surface area contributed by atoms with Gasteiger partial charge in [0.05, 0.1) is 17.4 Å². The fourth-order valence-electron chi connectivity index (χ4n) is 1.68. The number of hydrogen-bond acceptors (Lipinski definition) is 6. The lowest BCUT2D eigenvalue weighted by Crippen LogP contribution is -2.23. The largest absolute Gasteiger partial charge is 0.495 e. The molecule has 0 bridgehead atoms. The summed E-state index contributed by atoms with van der Waals surface area (Å²) in [4.78, 5) is 12.2. The van der Waals surface area contributed by atoms with Crippen molar-refractivity contribution in [2.45, 2.75) is 30.8 Å². The zero-order chi connectivity index (χ0) is 16.1. The Kier molecular flexibility index (Phi) is 5.62. The second kappa shape index (κ2) is 7.46. The third kappa shape index (κ3) is 3.89. The normalized spacial score (nSPS) is 12.0. The van der Waals surface area contributed by atoms with E-state index in [0.717, 1.165) is 0 Å². The summed E-state index contributed by atoms with van der Waals surface area (Å²) in [7, 11) is 1.54. The molecule has 118 valence electrons. The Morgan fingerprint density at radius 2 is 2.32 bits per heavy atom. The molecule has 0 saturated heterocycles. The Bertz CT molecular complexity index is 664. The van der Waals surface area contributed by atoms with Crippen LogP contribution < -0.4 is 10.1 Å². The van der Waals surface area contributed by atoms with Crippen LogP contribution in [0.5, 0.6) is 5.75 Å². The first kappa shape index (κ1) is 16.6. The van der Waals surface area contributed by atoms with E-state index in [1.807, 2.05) is 6.92 Å². The average molecular weight is 342 g/mol. The predicted molar refractivity (Wildman–Crippen MR) is 85.4 cm³/mol. The number of halogens is 1. The molecule has 9 heteroatoms. The summed E-state index contributed by atoms with van der Waals surface area (Å²) in [5, 5.41) is 14.8. The molecule has 1 heterocycles. The summed E-state index contributed by atoms with van der Waals surface area (Å²) in [6.07, 6.45) is 0. The van der Waals surface area contributed by atoms with Crippen LogP contribution in [0.2, 0.25) is 5.02 Å². The quantitative estimate of drug-likeness (QED) is 0.813. The maximum Gasteiger partial charge on any atom is 0.237 e. The van der Waals surface area contributed by atoms with E-state index in [9.17, 15) is 4.79 Å². The van der Waals surface area contributed by atoms with Crippen molar-refractivity contribution in [1.29, 1.82) is 0 Å². The third-order valence-electron chi connectivity index (χ3n) is 2.87. The standard InChI is InChI=1S/C13H16ClN5O2S/c1-4-19-13(16-17-18-19)22-8(2)12(20)15-9-5-6-11(21-3)10(14)7-9/h5-8H,4H2,1-3H3,(H,15,20). The highest BCUT2D eigenvalue weighted by atomic mass is 35.5. The van der Waals surface area contributed by atoms with E-state index in [2.05, 4.69) is 20.8 Å². The van der Waals surface area contributed by atoms with Gasteiger partial charge in [-0.05, 0) is 42.5 Å². The van der Waals surface area contributed by atoms with Gasteiger partial charge in [0.15, 0.2) is 0 Å². The first-order valence-corrected chi connectivity index (χ1v) is 7.88.